The zero-order valence-corrected chi connectivity index (χ0v) is 12.1. The van der Waals surface area contributed by atoms with Crippen LogP contribution in [0.15, 0.2) is 6.33 Å². The van der Waals surface area contributed by atoms with Crippen LogP contribution in [0.1, 0.15) is 31.5 Å². The minimum absolute atomic E-state index is 0.160. The number of nitrogens with zero attached hydrogens (tertiary/aromatic N) is 3. The molecule has 1 heterocycles. The highest BCUT2D eigenvalue weighted by Gasteiger charge is 2.26. The largest absolute Gasteiger partial charge is 0.481 e. The van der Waals surface area contributed by atoms with Crippen molar-refractivity contribution in [1.82, 2.24) is 25.4 Å². The first-order valence-corrected chi connectivity index (χ1v) is 7.12. The molecular weight excluding hydrogens is 274 g/mol. The average Bonchev–Trinajstić information content (AvgIpc) is 2.98. The molecule has 3 N–H and O–H groups in total. The summed E-state index contributed by atoms with van der Waals surface area (Å²) in [6.45, 7) is 0.962. The molecule has 1 fully saturated rings. The number of aliphatic carboxylic acids is 1. The van der Waals surface area contributed by atoms with Crippen molar-refractivity contribution in [3.05, 3.63) is 12.2 Å². The number of carbonyl (C=O) groups excluding carboxylic acids is 1. The van der Waals surface area contributed by atoms with Gasteiger partial charge in [0.15, 0.2) is 0 Å². The van der Waals surface area contributed by atoms with Gasteiger partial charge in [0.2, 0.25) is 0 Å². The fourth-order valence-electron chi connectivity index (χ4n) is 2.58. The second-order valence-electron chi connectivity index (χ2n) is 5.53. The highest BCUT2D eigenvalue weighted by atomic mass is 16.4. The molecule has 1 aromatic rings. The highest BCUT2D eigenvalue weighted by molar-refractivity contribution is 5.73. The first-order chi connectivity index (χ1) is 10.1. The summed E-state index contributed by atoms with van der Waals surface area (Å²) in [7, 11) is 1.69. The summed E-state index contributed by atoms with van der Waals surface area (Å²) < 4.78 is 0. The average molecular weight is 295 g/mol. The quantitative estimate of drug-likeness (QED) is 0.745. The fraction of sp³-hybridized carbons (Fsp3) is 0.692. The number of carbonyl (C=O) groups is 2. The molecule has 8 nitrogen and oxygen atoms in total. The Balaban J connectivity index is 1.68. The van der Waals surface area contributed by atoms with Crippen molar-refractivity contribution in [3.63, 3.8) is 0 Å². The van der Waals surface area contributed by atoms with E-state index in [0.29, 0.717) is 37.7 Å². The first kappa shape index (κ1) is 15.3. The summed E-state index contributed by atoms with van der Waals surface area (Å²) in [5, 5.41) is 18.3. The van der Waals surface area contributed by atoms with Crippen molar-refractivity contribution in [2.45, 2.75) is 32.2 Å². The topological polar surface area (TPSA) is 111 Å². The predicted molar refractivity (Wildman–Crippen MR) is 74.3 cm³/mol. The van der Waals surface area contributed by atoms with E-state index in [4.69, 9.17) is 5.11 Å². The van der Waals surface area contributed by atoms with E-state index < -0.39 is 5.97 Å². The molecule has 1 aromatic heterocycles. The van der Waals surface area contributed by atoms with Crippen LogP contribution in [0, 0.1) is 11.8 Å². The Kier molecular flexibility index (Phi) is 5.13. The second-order valence-corrected chi connectivity index (χ2v) is 5.53. The van der Waals surface area contributed by atoms with Gasteiger partial charge in [0.1, 0.15) is 12.2 Å². The molecular formula is C13H21N5O3. The standard InChI is InChI=1S/C13H21N5O3/c1-18(7-11-15-8-16-17-11)13(21)14-6-9-2-4-10(5-3-9)12(19)20/h8-10H,2-7H2,1H3,(H,14,21)(H,19,20)(H,15,16,17). The molecule has 0 aliphatic heterocycles. The van der Waals surface area contributed by atoms with Crippen LogP contribution < -0.4 is 5.32 Å². The van der Waals surface area contributed by atoms with Gasteiger partial charge in [0.05, 0.1) is 12.5 Å². The number of nitrogens with one attached hydrogen (secondary N) is 2. The number of carboxylic acids is 1. The molecule has 0 atom stereocenters. The van der Waals surface area contributed by atoms with Crippen molar-refractivity contribution in [2.24, 2.45) is 11.8 Å². The lowest BCUT2D eigenvalue weighted by molar-refractivity contribution is -0.143. The Bertz CT molecular complexity index is 468. The number of hydrogen-bond donors (Lipinski definition) is 3. The molecule has 8 heteroatoms. The third kappa shape index (κ3) is 4.44. The Hall–Kier alpha value is -2.12. The number of aromatic nitrogens is 3. The van der Waals surface area contributed by atoms with Crippen molar-refractivity contribution >= 4 is 12.0 Å². The number of carboxylic acid groups (broad SMARTS) is 1. The number of rotatable bonds is 5. The zero-order chi connectivity index (χ0) is 15.2. The Morgan fingerprint density at radius 2 is 2.14 bits per heavy atom. The maximum absolute atomic E-state index is 11.9. The van der Waals surface area contributed by atoms with Gasteiger partial charge in [-0.25, -0.2) is 9.78 Å². The molecule has 1 aliphatic rings. The van der Waals surface area contributed by atoms with Crippen molar-refractivity contribution in [1.29, 1.82) is 0 Å². The van der Waals surface area contributed by atoms with Gasteiger partial charge < -0.3 is 15.3 Å². The van der Waals surface area contributed by atoms with E-state index in [2.05, 4.69) is 20.5 Å². The van der Waals surface area contributed by atoms with Gasteiger partial charge in [-0.3, -0.25) is 9.89 Å². The molecule has 21 heavy (non-hydrogen) atoms. The highest BCUT2D eigenvalue weighted by Crippen LogP contribution is 2.28. The first-order valence-electron chi connectivity index (χ1n) is 7.12. The van der Waals surface area contributed by atoms with Crippen LogP contribution >= 0.6 is 0 Å². The van der Waals surface area contributed by atoms with E-state index >= 15 is 0 Å². The molecule has 2 amide bonds. The molecule has 0 saturated heterocycles. The van der Waals surface area contributed by atoms with Crippen LogP contribution in [0.2, 0.25) is 0 Å². The van der Waals surface area contributed by atoms with E-state index in [1.54, 1.807) is 7.05 Å². The maximum atomic E-state index is 11.9. The smallest absolute Gasteiger partial charge is 0.317 e. The molecule has 0 radical (unpaired) electrons. The molecule has 0 bridgehead atoms. The van der Waals surface area contributed by atoms with Crippen molar-refractivity contribution in [3.8, 4) is 0 Å². The number of aromatic amines is 1. The zero-order valence-electron chi connectivity index (χ0n) is 12.1. The molecule has 116 valence electrons. The predicted octanol–water partition coefficient (Wildman–Crippen LogP) is 0.837. The molecule has 0 unspecified atom stereocenters. The van der Waals surface area contributed by atoms with Gasteiger partial charge in [-0.1, -0.05) is 0 Å². The molecule has 0 spiro atoms. The van der Waals surface area contributed by atoms with Crippen LogP contribution in [0.3, 0.4) is 0 Å². The lowest BCUT2D eigenvalue weighted by Gasteiger charge is -2.27. The molecule has 2 rings (SSSR count). The lowest BCUT2D eigenvalue weighted by Crippen LogP contribution is -2.40. The van der Waals surface area contributed by atoms with Crippen molar-refractivity contribution < 1.29 is 14.7 Å². The summed E-state index contributed by atoms with van der Waals surface area (Å²) in [6, 6.07) is -0.160. The Morgan fingerprint density at radius 3 is 2.71 bits per heavy atom. The van der Waals surface area contributed by atoms with Gasteiger partial charge in [-0.15, -0.1) is 0 Å². The minimum Gasteiger partial charge on any atom is -0.481 e. The SMILES string of the molecule is CN(Cc1ncn[nH]1)C(=O)NCC1CCC(C(=O)O)CC1. The van der Waals surface area contributed by atoms with Gasteiger partial charge >= 0.3 is 12.0 Å². The van der Waals surface area contributed by atoms with Crippen LogP contribution in [-0.2, 0) is 11.3 Å². The molecule has 1 aliphatic carbocycles. The summed E-state index contributed by atoms with van der Waals surface area (Å²) in [6.07, 6.45) is 4.50. The maximum Gasteiger partial charge on any atom is 0.317 e. The van der Waals surface area contributed by atoms with Crippen LogP contribution in [0.4, 0.5) is 4.79 Å². The number of urea groups is 1. The summed E-state index contributed by atoms with van der Waals surface area (Å²) in [5.41, 5.74) is 0. The van der Waals surface area contributed by atoms with Crippen LogP contribution in [0.25, 0.3) is 0 Å². The fourth-order valence-corrected chi connectivity index (χ4v) is 2.58. The van der Waals surface area contributed by atoms with Crippen LogP contribution in [0.5, 0.6) is 0 Å². The van der Waals surface area contributed by atoms with Gasteiger partial charge in [-0.2, -0.15) is 5.10 Å². The van der Waals surface area contributed by atoms with E-state index in [-0.39, 0.29) is 11.9 Å². The number of H-pyrrole nitrogens is 1. The summed E-state index contributed by atoms with van der Waals surface area (Å²) in [4.78, 5) is 28.3. The Morgan fingerprint density at radius 1 is 1.43 bits per heavy atom. The minimum atomic E-state index is -0.704. The molecule has 0 aromatic carbocycles. The van der Waals surface area contributed by atoms with Crippen LogP contribution in [-0.4, -0.2) is 50.8 Å². The third-order valence-corrected chi connectivity index (χ3v) is 3.94. The number of amides is 2. The summed E-state index contributed by atoms with van der Waals surface area (Å²) >= 11 is 0. The normalized spacial score (nSPS) is 21.8. The Labute approximate surface area is 122 Å². The lowest BCUT2D eigenvalue weighted by atomic mass is 9.82. The monoisotopic (exact) mass is 295 g/mol. The van der Waals surface area contributed by atoms with Gasteiger partial charge in [-0.05, 0) is 31.6 Å². The van der Waals surface area contributed by atoms with E-state index in [1.807, 2.05) is 0 Å². The number of hydrogen-bond acceptors (Lipinski definition) is 4. The van der Waals surface area contributed by atoms with Crippen molar-refractivity contribution in [2.75, 3.05) is 13.6 Å². The summed E-state index contributed by atoms with van der Waals surface area (Å²) in [5.74, 6) is 0.0770. The van der Waals surface area contributed by atoms with E-state index in [0.717, 1.165) is 12.8 Å². The van der Waals surface area contributed by atoms with E-state index in [9.17, 15) is 9.59 Å². The third-order valence-electron chi connectivity index (χ3n) is 3.94. The molecule has 1 saturated carbocycles. The van der Waals surface area contributed by atoms with Gasteiger partial charge in [0, 0.05) is 13.6 Å². The van der Waals surface area contributed by atoms with Gasteiger partial charge in [0.25, 0.3) is 0 Å². The second kappa shape index (κ2) is 7.05. The van der Waals surface area contributed by atoms with E-state index in [1.165, 1.54) is 11.2 Å².